The number of benzene rings is 1. The maximum atomic E-state index is 14.5. The molecule has 1 aromatic carbocycles. The van der Waals surface area contributed by atoms with Crippen molar-refractivity contribution >= 4 is 22.3 Å². The second kappa shape index (κ2) is 7.54. The Morgan fingerprint density at radius 3 is 2.80 bits per heavy atom. The van der Waals surface area contributed by atoms with Crippen molar-refractivity contribution in [1.29, 1.82) is 0 Å². The molecule has 154 valence electrons. The number of rotatable bonds is 5. The lowest BCUT2D eigenvalue weighted by Gasteiger charge is -2.09. The average Bonchev–Trinajstić information content (AvgIpc) is 3.30. The second-order valence-corrected chi connectivity index (χ2v) is 6.43. The Morgan fingerprint density at radius 1 is 1.30 bits per heavy atom. The molecule has 0 saturated heterocycles. The van der Waals surface area contributed by atoms with Crippen LogP contribution in [0.4, 0.5) is 18.9 Å². The van der Waals surface area contributed by atoms with Crippen LogP contribution in [0.25, 0.3) is 22.2 Å². The van der Waals surface area contributed by atoms with Crippen LogP contribution in [0.15, 0.2) is 47.8 Å². The van der Waals surface area contributed by atoms with Gasteiger partial charge in [0.05, 0.1) is 53.7 Å². The summed E-state index contributed by atoms with van der Waals surface area (Å²) >= 11 is 0. The number of aliphatic imine (C=N–C) groups is 1. The second-order valence-electron chi connectivity index (χ2n) is 6.43. The molecular formula is C20H16F3N5O2. The molecule has 0 radical (unpaired) electrons. The molecule has 30 heavy (non-hydrogen) atoms. The van der Waals surface area contributed by atoms with E-state index >= 15 is 0 Å². The highest BCUT2D eigenvalue weighted by atomic mass is 19.3. The topological polar surface area (TPSA) is 88.3 Å². The van der Waals surface area contributed by atoms with E-state index in [9.17, 15) is 18.3 Å². The lowest BCUT2D eigenvalue weighted by molar-refractivity contribution is 0.0566. The van der Waals surface area contributed by atoms with Crippen molar-refractivity contribution < 1.29 is 23.0 Å². The van der Waals surface area contributed by atoms with Crippen LogP contribution in [0, 0.1) is 5.82 Å². The summed E-state index contributed by atoms with van der Waals surface area (Å²) in [7, 11) is 1.43. The van der Waals surface area contributed by atoms with Crippen molar-refractivity contribution in [1.82, 2.24) is 19.7 Å². The Balaban J connectivity index is 1.84. The molecule has 4 rings (SSSR count). The smallest absolute Gasteiger partial charge is 0.333 e. The van der Waals surface area contributed by atoms with E-state index in [2.05, 4.69) is 20.1 Å². The van der Waals surface area contributed by atoms with Gasteiger partial charge in [-0.3, -0.25) is 4.98 Å². The molecule has 0 spiro atoms. The fourth-order valence-corrected chi connectivity index (χ4v) is 3.25. The van der Waals surface area contributed by atoms with Gasteiger partial charge in [0, 0.05) is 5.39 Å². The number of hydrogen-bond acceptors (Lipinski definition) is 5. The molecule has 0 bridgehead atoms. The Hall–Kier alpha value is -3.82. The van der Waals surface area contributed by atoms with Crippen LogP contribution in [0.3, 0.4) is 0 Å². The number of halogens is 3. The van der Waals surface area contributed by atoms with E-state index in [1.807, 2.05) is 0 Å². The molecule has 0 unspecified atom stereocenters. The number of nitrogens with one attached hydrogen (secondary N) is 1. The summed E-state index contributed by atoms with van der Waals surface area (Å²) in [5.74, 6) is -0.368. The average molecular weight is 415 g/mol. The van der Waals surface area contributed by atoms with Crippen molar-refractivity contribution in [2.45, 2.75) is 13.5 Å². The van der Waals surface area contributed by atoms with E-state index in [1.54, 1.807) is 19.1 Å². The quantitative estimate of drug-likeness (QED) is 0.458. The molecule has 2 N–H and O–H groups in total. The number of hydrogen-bond donors (Lipinski definition) is 2. The van der Waals surface area contributed by atoms with Crippen molar-refractivity contribution in [3.63, 3.8) is 0 Å². The summed E-state index contributed by atoms with van der Waals surface area (Å²) in [6.07, 6.45) is 3.75. The van der Waals surface area contributed by atoms with Gasteiger partial charge in [-0.25, -0.2) is 14.1 Å². The largest absolute Gasteiger partial charge is 0.496 e. The van der Waals surface area contributed by atoms with Crippen LogP contribution in [-0.4, -0.2) is 37.7 Å². The van der Waals surface area contributed by atoms with Crippen molar-refractivity contribution in [3.05, 3.63) is 54.2 Å². The standard InChI is InChI=1S/C20H16F3N5O2/c1-10(26-11-7-25-28(9-11)20(22)23)17-12-6-14(24-8-15(12)27-19(17)29)18-13(21)4-3-5-16(18)30-2/h3-9,20,27,29H,1-2H3. The van der Waals surface area contributed by atoms with Crippen molar-refractivity contribution in [2.75, 3.05) is 7.11 Å². The van der Waals surface area contributed by atoms with Gasteiger partial charge in [0.15, 0.2) is 5.88 Å². The Kier molecular flexibility index (Phi) is 4.90. The minimum atomic E-state index is -2.78. The highest BCUT2D eigenvalue weighted by molar-refractivity contribution is 6.13. The fourth-order valence-electron chi connectivity index (χ4n) is 3.25. The van der Waals surface area contributed by atoms with E-state index in [0.717, 1.165) is 6.20 Å². The third-order valence-electron chi connectivity index (χ3n) is 4.56. The monoisotopic (exact) mass is 415 g/mol. The highest BCUT2D eigenvalue weighted by Crippen LogP contribution is 2.35. The van der Waals surface area contributed by atoms with Gasteiger partial charge in [-0.15, -0.1) is 0 Å². The van der Waals surface area contributed by atoms with E-state index in [4.69, 9.17) is 4.74 Å². The van der Waals surface area contributed by atoms with Gasteiger partial charge >= 0.3 is 6.55 Å². The van der Waals surface area contributed by atoms with E-state index in [-0.39, 0.29) is 17.1 Å². The normalized spacial score (nSPS) is 12.1. The van der Waals surface area contributed by atoms with Crippen molar-refractivity contribution in [3.8, 4) is 22.9 Å². The summed E-state index contributed by atoms with van der Waals surface area (Å²) < 4.78 is 45.6. The van der Waals surface area contributed by atoms with Crippen LogP contribution >= 0.6 is 0 Å². The first kappa shape index (κ1) is 19.5. The van der Waals surface area contributed by atoms with Crippen LogP contribution in [0.5, 0.6) is 11.6 Å². The minimum Gasteiger partial charge on any atom is -0.496 e. The molecule has 10 heteroatoms. The number of aromatic amines is 1. The van der Waals surface area contributed by atoms with Gasteiger partial charge in [-0.2, -0.15) is 13.9 Å². The van der Waals surface area contributed by atoms with E-state index < -0.39 is 12.4 Å². The lowest BCUT2D eigenvalue weighted by atomic mass is 10.0. The predicted molar refractivity (Wildman–Crippen MR) is 105 cm³/mol. The summed E-state index contributed by atoms with van der Waals surface area (Å²) in [6.45, 7) is -1.16. The zero-order valence-electron chi connectivity index (χ0n) is 15.9. The van der Waals surface area contributed by atoms with Gasteiger partial charge in [0.25, 0.3) is 0 Å². The summed E-state index contributed by atoms with van der Waals surface area (Å²) in [4.78, 5) is 11.3. The van der Waals surface area contributed by atoms with Crippen LogP contribution in [0.1, 0.15) is 19.0 Å². The lowest BCUT2D eigenvalue weighted by Crippen LogP contribution is -1.97. The number of aromatic hydroxyl groups is 1. The summed E-state index contributed by atoms with van der Waals surface area (Å²) in [5.41, 5.74) is 1.88. The number of pyridine rings is 1. The first-order valence-electron chi connectivity index (χ1n) is 8.80. The zero-order chi connectivity index (χ0) is 21.4. The minimum absolute atomic E-state index is 0.174. The summed E-state index contributed by atoms with van der Waals surface area (Å²) in [6, 6.07) is 6.04. The Bertz CT molecular complexity index is 1260. The number of alkyl halides is 2. The molecule has 3 aromatic heterocycles. The molecule has 0 aliphatic carbocycles. The molecule has 0 aliphatic rings. The third kappa shape index (κ3) is 3.36. The van der Waals surface area contributed by atoms with Gasteiger partial charge in [-0.1, -0.05) is 6.07 Å². The van der Waals surface area contributed by atoms with Gasteiger partial charge in [0.1, 0.15) is 17.3 Å². The van der Waals surface area contributed by atoms with E-state index in [0.29, 0.717) is 38.3 Å². The Morgan fingerprint density at radius 2 is 2.10 bits per heavy atom. The molecule has 0 saturated carbocycles. The van der Waals surface area contributed by atoms with Gasteiger partial charge in [0.2, 0.25) is 0 Å². The fraction of sp³-hybridized carbons (Fsp3) is 0.150. The molecule has 3 heterocycles. The number of aromatic nitrogens is 4. The van der Waals surface area contributed by atoms with Crippen LogP contribution < -0.4 is 4.74 Å². The molecule has 0 fully saturated rings. The summed E-state index contributed by atoms with van der Waals surface area (Å²) in [5, 5.41) is 14.5. The third-order valence-corrected chi connectivity index (χ3v) is 4.56. The van der Waals surface area contributed by atoms with E-state index in [1.165, 1.54) is 31.6 Å². The predicted octanol–water partition coefficient (Wildman–Crippen LogP) is 4.82. The Labute approximate surface area is 168 Å². The maximum Gasteiger partial charge on any atom is 0.333 e. The SMILES string of the molecule is COc1cccc(F)c1-c1cc2c(C(C)=Nc3cnn(C(F)F)c3)c(O)[nH]c2cn1. The zero-order valence-corrected chi connectivity index (χ0v) is 15.9. The number of nitrogens with zero attached hydrogens (tertiary/aromatic N) is 4. The van der Waals surface area contributed by atoms with Gasteiger partial charge < -0.3 is 14.8 Å². The first-order chi connectivity index (χ1) is 14.4. The molecule has 7 nitrogen and oxygen atoms in total. The first-order valence-corrected chi connectivity index (χ1v) is 8.80. The molecule has 0 atom stereocenters. The number of ether oxygens (including phenoxy) is 1. The molecule has 0 aliphatic heterocycles. The number of H-pyrrole nitrogens is 1. The number of methoxy groups -OCH3 is 1. The molecule has 4 aromatic rings. The van der Waals surface area contributed by atoms with Crippen LogP contribution in [0.2, 0.25) is 0 Å². The molecule has 0 amide bonds. The van der Waals surface area contributed by atoms with Crippen molar-refractivity contribution in [2.24, 2.45) is 4.99 Å². The van der Waals surface area contributed by atoms with Gasteiger partial charge in [-0.05, 0) is 25.1 Å². The maximum absolute atomic E-state index is 14.5. The number of fused-ring (bicyclic) bond motifs is 1. The molecular weight excluding hydrogens is 399 g/mol. The highest BCUT2D eigenvalue weighted by Gasteiger charge is 2.19. The van der Waals surface area contributed by atoms with Crippen LogP contribution in [-0.2, 0) is 0 Å².